The standard InChI is InChI=1S/C18H15N5O4S/c1-26-16(24)10-7-13-15(8-11(10)17(25)27-2)28-18(20-13)19-9-23-14-6-4-3-5-12(14)21-22-23/h3-8H,9H2,1-2H3,(H,19,20). The molecule has 9 nitrogen and oxygen atoms in total. The van der Waals surface area contributed by atoms with E-state index in [1.807, 2.05) is 24.3 Å². The van der Waals surface area contributed by atoms with E-state index in [1.54, 1.807) is 10.7 Å². The van der Waals surface area contributed by atoms with Crippen LogP contribution in [0.2, 0.25) is 0 Å². The summed E-state index contributed by atoms with van der Waals surface area (Å²) in [5.74, 6) is -1.24. The number of para-hydroxylation sites is 1. The zero-order chi connectivity index (χ0) is 19.7. The topological polar surface area (TPSA) is 108 Å². The molecule has 28 heavy (non-hydrogen) atoms. The molecule has 2 aromatic carbocycles. The van der Waals surface area contributed by atoms with E-state index < -0.39 is 11.9 Å². The zero-order valence-electron chi connectivity index (χ0n) is 15.0. The number of nitrogens with zero attached hydrogens (tertiary/aromatic N) is 4. The maximum atomic E-state index is 12.0. The van der Waals surface area contributed by atoms with Gasteiger partial charge in [0.15, 0.2) is 5.13 Å². The number of esters is 2. The summed E-state index contributed by atoms with van der Waals surface area (Å²) in [5, 5.41) is 12.0. The van der Waals surface area contributed by atoms with Gasteiger partial charge in [-0.05, 0) is 24.3 Å². The average molecular weight is 397 g/mol. The number of methoxy groups -OCH3 is 2. The van der Waals surface area contributed by atoms with E-state index in [0.29, 0.717) is 17.3 Å². The fraction of sp³-hybridized carbons (Fsp3) is 0.167. The molecule has 2 aromatic heterocycles. The zero-order valence-corrected chi connectivity index (χ0v) is 15.8. The van der Waals surface area contributed by atoms with Crippen LogP contribution in [0.15, 0.2) is 36.4 Å². The highest BCUT2D eigenvalue weighted by molar-refractivity contribution is 7.22. The smallest absolute Gasteiger partial charge is 0.338 e. The van der Waals surface area contributed by atoms with Gasteiger partial charge in [-0.2, -0.15) is 0 Å². The summed E-state index contributed by atoms with van der Waals surface area (Å²) < 4.78 is 12.0. The predicted octanol–water partition coefficient (Wildman–Crippen LogP) is 2.68. The fourth-order valence-electron chi connectivity index (χ4n) is 2.78. The van der Waals surface area contributed by atoms with Crippen molar-refractivity contribution >= 4 is 49.7 Å². The van der Waals surface area contributed by atoms with Crippen LogP contribution in [0.3, 0.4) is 0 Å². The first-order valence-electron chi connectivity index (χ1n) is 8.24. The first-order valence-corrected chi connectivity index (χ1v) is 9.05. The van der Waals surface area contributed by atoms with Crippen LogP contribution in [0.25, 0.3) is 21.3 Å². The lowest BCUT2D eigenvalue weighted by Gasteiger charge is -2.05. The van der Waals surface area contributed by atoms with E-state index in [-0.39, 0.29) is 11.1 Å². The Balaban J connectivity index is 1.65. The highest BCUT2D eigenvalue weighted by Crippen LogP contribution is 2.29. The molecular weight excluding hydrogens is 382 g/mol. The number of nitrogens with one attached hydrogen (secondary N) is 1. The van der Waals surface area contributed by atoms with E-state index in [9.17, 15) is 9.59 Å². The molecule has 4 aromatic rings. The first kappa shape index (κ1) is 17.9. The molecule has 0 unspecified atom stereocenters. The van der Waals surface area contributed by atoms with Crippen molar-refractivity contribution in [2.75, 3.05) is 19.5 Å². The van der Waals surface area contributed by atoms with Gasteiger partial charge < -0.3 is 14.8 Å². The second kappa shape index (κ2) is 7.24. The van der Waals surface area contributed by atoms with E-state index in [2.05, 4.69) is 20.6 Å². The lowest BCUT2D eigenvalue weighted by atomic mass is 10.1. The number of anilines is 1. The molecule has 0 aliphatic rings. The van der Waals surface area contributed by atoms with Crippen molar-refractivity contribution in [1.82, 2.24) is 20.0 Å². The van der Waals surface area contributed by atoms with Crippen LogP contribution in [-0.2, 0) is 16.1 Å². The Morgan fingerprint density at radius 3 is 2.54 bits per heavy atom. The average Bonchev–Trinajstić information content (AvgIpc) is 3.33. The van der Waals surface area contributed by atoms with Crippen LogP contribution in [0, 0.1) is 0 Å². The highest BCUT2D eigenvalue weighted by atomic mass is 32.1. The van der Waals surface area contributed by atoms with Gasteiger partial charge >= 0.3 is 11.9 Å². The van der Waals surface area contributed by atoms with E-state index in [4.69, 9.17) is 9.47 Å². The molecule has 2 heterocycles. The van der Waals surface area contributed by atoms with Crippen molar-refractivity contribution in [2.24, 2.45) is 0 Å². The van der Waals surface area contributed by atoms with Gasteiger partial charge in [-0.25, -0.2) is 19.3 Å². The van der Waals surface area contributed by atoms with Crippen LogP contribution in [0.4, 0.5) is 5.13 Å². The molecular formula is C18H15N5O4S. The van der Waals surface area contributed by atoms with Gasteiger partial charge in [-0.15, -0.1) is 5.10 Å². The van der Waals surface area contributed by atoms with Crippen molar-refractivity contribution in [2.45, 2.75) is 6.67 Å². The Labute approximate surface area is 162 Å². The number of carbonyl (C=O) groups is 2. The number of hydrogen-bond donors (Lipinski definition) is 1. The summed E-state index contributed by atoms with van der Waals surface area (Å²) >= 11 is 1.35. The summed E-state index contributed by atoms with van der Waals surface area (Å²) in [6, 6.07) is 10.8. The third-order valence-electron chi connectivity index (χ3n) is 4.14. The Morgan fingerprint density at radius 2 is 1.79 bits per heavy atom. The van der Waals surface area contributed by atoms with Gasteiger partial charge in [0.05, 0.1) is 41.1 Å². The lowest BCUT2D eigenvalue weighted by molar-refractivity contribution is 0.0555. The minimum atomic E-state index is -0.626. The normalized spacial score (nSPS) is 10.9. The minimum Gasteiger partial charge on any atom is -0.465 e. The Kier molecular flexibility index (Phi) is 4.62. The van der Waals surface area contributed by atoms with E-state index in [1.165, 1.54) is 31.6 Å². The molecule has 0 saturated heterocycles. The highest BCUT2D eigenvalue weighted by Gasteiger charge is 2.21. The molecule has 1 N–H and O–H groups in total. The Bertz CT molecular complexity index is 1150. The number of ether oxygens (including phenoxy) is 2. The van der Waals surface area contributed by atoms with Crippen molar-refractivity contribution in [3.8, 4) is 0 Å². The third-order valence-corrected chi connectivity index (χ3v) is 5.11. The molecule has 0 aliphatic carbocycles. The van der Waals surface area contributed by atoms with Crippen LogP contribution >= 0.6 is 11.3 Å². The quantitative estimate of drug-likeness (QED) is 0.512. The van der Waals surface area contributed by atoms with Gasteiger partial charge in [-0.1, -0.05) is 28.7 Å². The molecule has 0 aliphatic heterocycles. The second-order valence-corrected chi connectivity index (χ2v) is 6.81. The number of thiazole rings is 1. The monoisotopic (exact) mass is 397 g/mol. The number of hydrogen-bond acceptors (Lipinski definition) is 9. The van der Waals surface area contributed by atoms with Crippen LogP contribution in [0.5, 0.6) is 0 Å². The van der Waals surface area contributed by atoms with Crippen LogP contribution in [-0.4, -0.2) is 46.1 Å². The number of carbonyl (C=O) groups excluding carboxylic acids is 2. The summed E-state index contributed by atoms with van der Waals surface area (Å²) in [7, 11) is 2.51. The number of rotatable bonds is 5. The number of aromatic nitrogens is 4. The van der Waals surface area contributed by atoms with Gasteiger partial charge in [-0.3, -0.25) is 0 Å². The first-order chi connectivity index (χ1) is 13.6. The maximum Gasteiger partial charge on any atom is 0.338 e. The maximum absolute atomic E-state index is 12.0. The molecule has 0 bridgehead atoms. The van der Waals surface area contributed by atoms with Crippen LogP contribution in [0.1, 0.15) is 20.7 Å². The molecule has 0 spiro atoms. The van der Waals surface area contributed by atoms with Crippen molar-refractivity contribution < 1.29 is 19.1 Å². The Hall–Kier alpha value is -3.53. The molecule has 0 amide bonds. The minimum absolute atomic E-state index is 0.112. The number of benzene rings is 2. The molecule has 4 rings (SSSR count). The van der Waals surface area contributed by atoms with E-state index >= 15 is 0 Å². The van der Waals surface area contributed by atoms with Crippen LogP contribution < -0.4 is 5.32 Å². The van der Waals surface area contributed by atoms with Gasteiger partial charge in [0.2, 0.25) is 0 Å². The molecule has 142 valence electrons. The molecule has 10 heteroatoms. The summed E-state index contributed by atoms with van der Waals surface area (Å²) in [4.78, 5) is 28.5. The van der Waals surface area contributed by atoms with Gasteiger partial charge in [0.25, 0.3) is 0 Å². The summed E-state index contributed by atoms with van der Waals surface area (Å²) in [6.45, 7) is 0.369. The Morgan fingerprint density at radius 1 is 1.07 bits per heavy atom. The second-order valence-electron chi connectivity index (χ2n) is 5.78. The van der Waals surface area contributed by atoms with Crippen molar-refractivity contribution in [1.29, 1.82) is 0 Å². The van der Waals surface area contributed by atoms with Gasteiger partial charge in [0, 0.05) is 0 Å². The molecule has 0 saturated carbocycles. The van der Waals surface area contributed by atoms with E-state index in [0.717, 1.165) is 15.7 Å². The molecule has 0 atom stereocenters. The fourth-order valence-corrected chi connectivity index (χ4v) is 3.66. The third kappa shape index (κ3) is 3.14. The largest absolute Gasteiger partial charge is 0.465 e. The predicted molar refractivity (Wildman–Crippen MR) is 103 cm³/mol. The molecule has 0 radical (unpaired) electrons. The summed E-state index contributed by atoms with van der Waals surface area (Å²) in [6.07, 6.45) is 0. The SMILES string of the molecule is COC(=O)c1cc2nc(NCn3nnc4ccccc43)sc2cc1C(=O)OC. The van der Waals surface area contributed by atoms with Gasteiger partial charge in [0.1, 0.15) is 12.2 Å². The summed E-state index contributed by atoms with van der Waals surface area (Å²) in [5.41, 5.74) is 2.53. The van der Waals surface area contributed by atoms with Crippen molar-refractivity contribution in [3.63, 3.8) is 0 Å². The number of fused-ring (bicyclic) bond motifs is 2. The lowest BCUT2D eigenvalue weighted by Crippen LogP contribution is -2.11. The molecule has 0 fully saturated rings. The van der Waals surface area contributed by atoms with Crippen molar-refractivity contribution in [3.05, 3.63) is 47.5 Å².